The predicted octanol–water partition coefficient (Wildman–Crippen LogP) is 1.87. The van der Waals surface area contributed by atoms with Crippen molar-refractivity contribution in [2.45, 2.75) is 6.92 Å². The van der Waals surface area contributed by atoms with Crippen molar-refractivity contribution in [2.24, 2.45) is 0 Å². The number of nitrogens with zero attached hydrogens (tertiary/aromatic N) is 1. The Kier molecular flexibility index (Phi) is 3.48. The largest absolute Gasteiger partial charge is 0.294 e. The first-order valence-corrected chi connectivity index (χ1v) is 4.28. The number of pyridine rings is 1. The van der Waals surface area contributed by atoms with Gasteiger partial charge in [-0.2, -0.15) is 0 Å². The first-order valence-electron chi connectivity index (χ1n) is 3.75. The Morgan fingerprint density at radius 2 is 2.38 bits per heavy atom. The Balaban J connectivity index is 2.98. The van der Waals surface area contributed by atoms with Gasteiger partial charge in [0.15, 0.2) is 5.78 Å². The van der Waals surface area contributed by atoms with Gasteiger partial charge in [0.1, 0.15) is 0 Å². The zero-order chi connectivity index (χ0) is 9.68. The van der Waals surface area contributed by atoms with Gasteiger partial charge in [0, 0.05) is 23.5 Å². The van der Waals surface area contributed by atoms with E-state index in [-0.39, 0.29) is 11.7 Å². The third-order valence-electron chi connectivity index (χ3n) is 1.44. The number of carbonyl (C=O) groups is 1. The van der Waals surface area contributed by atoms with Crippen molar-refractivity contribution < 1.29 is 4.79 Å². The van der Waals surface area contributed by atoms with Gasteiger partial charge in [-0.15, -0.1) is 11.6 Å². The predicted molar refractivity (Wildman–Crippen MR) is 51.8 cm³/mol. The topological polar surface area (TPSA) is 30.0 Å². The summed E-state index contributed by atoms with van der Waals surface area (Å²) in [5.41, 5.74) is 1.29. The molecule has 0 aromatic carbocycles. The van der Waals surface area contributed by atoms with Crippen LogP contribution in [0, 0.1) is 11.8 Å². The summed E-state index contributed by atoms with van der Waals surface area (Å²) in [6.45, 7) is 1.50. The Hall–Kier alpha value is -1.33. The van der Waals surface area contributed by atoms with Gasteiger partial charge in [-0.25, -0.2) is 0 Å². The Labute approximate surface area is 81.9 Å². The summed E-state index contributed by atoms with van der Waals surface area (Å²) in [6.07, 6.45) is 3.13. The van der Waals surface area contributed by atoms with E-state index in [1.165, 1.54) is 13.1 Å². The normalized spacial score (nSPS) is 8.77. The molecule has 1 heterocycles. The maximum absolute atomic E-state index is 11.0. The summed E-state index contributed by atoms with van der Waals surface area (Å²) in [4.78, 5) is 14.8. The summed E-state index contributed by atoms with van der Waals surface area (Å²) in [6, 6.07) is 1.70. The summed E-state index contributed by atoms with van der Waals surface area (Å²) in [7, 11) is 0. The van der Waals surface area contributed by atoms with Crippen molar-refractivity contribution in [1.82, 2.24) is 4.98 Å². The molecule has 0 saturated heterocycles. The molecule has 0 saturated carbocycles. The number of hydrogen-bond acceptors (Lipinski definition) is 2. The molecule has 0 fully saturated rings. The van der Waals surface area contributed by atoms with Crippen LogP contribution < -0.4 is 0 Å². The average Bonchev–Trinajstić information content (AvgIpc) is 2.15. The Morgan fingerprint density at radius 1 is 1.62 bits per heavy atom. The van der Waals surface area contributed by atoms with Crippen LogP contribution in [0.5, 0.6) is 0 Å². The number of rotatable bonds is 1. The molecule has 0 N–H and O–H groups in total. The Morgan fingerprint density at radius 3 is 3.00 bits per heavy atom. The van der Waals surface area contributed by atoms with Crippen molar-refractivity contribution in [1.29, 1.82) is 0 Å². The lowest BCUT2D eigenvalue weighted by molar-refractivity contribution is 0.101. The zero-order valence-corrected chi connectivity index (χ0v) is 7.93. The number of alkyl halides is 1. The van der Waals surface area contributed by atoms with E-state index in [9.17, 15) is 4.79 Å². The molecule has 66 valence electrons. The summed E-state index contributed by atoms with van der Waals surface area (Å²) in [5, 5.41) is 0. The van der Waals surface area contributed by atoms with E-state index in [1.54, 1.807) is 12.3 Å². The van der Waals surface area contributed by atoms with Crippen LogP contribution in [0.25, 0.3) is 0 Å². The number of aromatic nitrogens is 1. The molecule has 1 rings (SSSR count). The molecule has 1 aromatic heterocycles. The van der Waals surface area contributed by atoms with Crippen molar-refractivity contribution in [3.63, 3.8) is 0 Å². The van der Waals surface area contributed by atoms with Crippen LogP contribution in [0.2, 0.25) is 0 Å². The minimum Gasteiger partial charge on any atom is -0.294 e. The molecular weight excluding hydrogens is 186 g/mol. The van der Waals surface area contributed by atoms with Gasteiger partial charge < -0.3 is 0 Å². The van der Waals surface area contributed by atoms with Crippen molar-refractivity contribution in [3.05, 3.63) is 29.6 Å². The van der Waals surface area contributed by atoms with Gasteiger partial charge >= 0.3 is 0 Å². The van der Waals surface area contributed by atoms with Crippen LogP contribution in [-0.4, -0.2) is 16.6 Å². The molecule has 13 heavy (non-hydrogen) atoms. The van der Waals surface area contributed by atoms with Gasteiger partial charge in [-0.1, -0.05) is 11.8 Å². The molecule has 0 aliphatic heterocycles. The van der Waals surface area contributed by atoms with Gasteiger partial charge in [0.2, 0.25) is 0 Å². The monoisotopic (exact) mass is 193 g/mol. The van der Waals surface area contributed by atoms with Crippen LogP contribution in [0.1, 0.15) is 22.8 Å². The molecule has 0 aliphatic rings. The van der Waals surface area contributed by atoms with Crippen molar-refractivity contribution in [3.8, 4) is 11.8 Å². The lowest BCUT2D eigenvalue weighted by Gasteiger charge is -1.94. The Bertz CT molecular complexity index is 376. The van der Waals surface area contributed by atoms with E-state index in [1.807, 2.05) is 0 Å². The SMILES string of the molecule is CC(=O)c1cncc(C#CCCl)c1. The highest BCUT2D eigenvalue weighted by Crippen LogP contribution is 2.01. The fraction of sp³-hybridized carbons (Fsp3) is 0.200. The van der Waals surface area contributed by atoms with E-state index < -0.39 is 0 Å². The smallest absolute Gasteiger partial charge is 0.161 e. The third-order valence-corrected chi connectivity index (χ3v) is 1.58. The lowest BCUT2D eigenvalue weighted by atomic mass is 10.1. The van der Waals surface area contributed by atoms with Gasteiger partial charge in [0.25, 0.3) is 0 Å². The van der Waals surface area contributed by atoms with E-state index in [0.29, 0.717) is 11.1 Å². The molecule has 0 amide bonds. The summed E-state index contributed by atoms with van der Waals surface area (Å²) >= 11 is 5.39. The van der Waals surface area contributed by atoms with Gasteiger partial charge in [0.05, 0.1) is 5.88 Å². The standard InChI is InChI=1S/C10H8ClNO/c1-8(13)10-5-9(3-2-4-11)6-12-7-10/h5-7H,4H2,1H3. The second-order valence-corrected chi connectivity index (χ2v) is 2.72. The highest BCUT2D eigenvalue weighted by molar-refractivity contribution is 6.19. The van der Waals surface area contributed by atoms with Gasteiger partial charge in [-0.3, -0.25) is 9.78 Å². The van der Waals surface area contributed by atoms with Crippen LogP contribution in [0.3, 0.4) is 0 Å². The fourth-order valence-electron chi connectivity index (χ4n) is 0.836. The maximum atomic E-state index is 11.0. The van der Waals surface area contributed by atoms with Gasteiger partial charge in [-0.05, 0) is 13.0 Å². The van der Waals surface area contributed by atoms with Crippen LogP contribution >= 0.6 is 11.6 Å². The molecule has 0 aliphatic carbocycles. The number of carbonyl (C=O) groups excluding carboxylic acids is 1. The van der Waals surface area contributed by atoms with Crippen LogP contribution in [0.15, 0.2) is 18.5 Å². The molecule has 0 unspecified atom stereocenters. The molecular formula is C10H8ClNO. The van der Waals surface area contributed by atoms with Crippen molar-refractivity contribution in [2.75, 3.05) is 5.88 Å². The van der Waals surface area contributed by atoms with Crippen LogP contribution in [-0.2, 0) is 0 Å². The molecule has 0 spiro atoms. The molecule has 3 heteroatoms. The summed E-state index contributed by atoms with van der Waals surface area (Å²) < 4.78 is 0. The van der Waals surface area contributed by atoms with E-state index in [4.69, 9.17) is 11.6 Å². The highest BCUT2D eigenvalue weighted by Gasteiger charge is 1.98. The average molecular weight is 194 g/mol. The van der Waals surface area contributed by atoms with E-state index in [0.717, 1.165) is 0 Å². The lowest BCUT2D eigenvalue weighted by Crippen LogP contribution is -1.93. The second kappa shape index (κ2) is 4.64. The maximum Gasteiger partial charge on any atom is 0.161 e. The van der Waals surface area contributed by atoms with Crippen molar-refractivity contribution >= 4 is 17.4 Å². The third kappa shape index (κ3) is 2.89. The minimum atomic E-state index is -0.0120. The molecule has 1 aromatic rings. The second-order valence-electron chi connectivity index (χ2n) is 2.45. The molecule has 2 nitrogen and oxygen atoms in total. The molecule has 0 bridgehead atoms. The first kappa shape index (κ1) is 9.76. The van der Waals surface area contributed by atoms with Crippen LogP contribution in [0.4, 0.5) is 0 Å². The number of halogens is 1. The minimum absolute atomic E-state index is 0.0120. The molecule has 0 atom stereocenters. The summed E-state index contributed by atoms with van der Waals surface area (Å²) in [5.74, 6) is 5.76. The zero-order valence-electron chi connectivity index (χ0n) is 7.17. The fourth-order valence-corrected chi connectivity index (χ4v) is 0.903. The molecule has 0 radical (unpaired) electrons. The quantitative estimate of drug-likeness (QED) is 0.387. The van der Waals surface area contributed by atoms with E-state index >= 15 is 0 Å². The highest BCUT2D eigenvalue weighted by atomic mass is 35.5. The number of hydrogen-bond donors (Lipinski definition) is 0. The van der Waals surface area contributed by atoms with E-state index in [2.05, 4.69) is 16.8 Å². The number of Topliss-reactive ketones (excluding diaryl/α,β-unsaturated/α-hetero) is 1. The first-order chi connectivity index (χ1) is 6.24. The number of ketones is 1.